The second kappa shape index (κ2) is 12.6. The maximum absolute atomic E-state index is 11.4. The highest BCUT2D eigenvalue weighted by molar-refractivity contribution is 7.80. The van der Waals surface area contributed by atoms with Gasteiger partial charge in [0, 0.05) is 31.9 Å². The lowest BCUT2D eigenvalue weighted by Gasteiger charge is -2.31. The molecule has 5 nitrogen and oxygen atoms in total. The van der Waals surface area contributed by atoms with Crippen molar-refractivity contribution in [3.05, 3.63) is 24.3 Å². The number of carbonyl (C=O) groups is 1. The van der Waals surface area contributed by atoms with E-state index in [1.54, 1.807) is 12.1 Å². The molecule has 1 aliphatic rings. The normalized spacial score (nSPS) is 16.9. The highest BCUT2D eigenvalue weighted by Gasteiger charge is 2.17. The minimum Gasteiger partial charge on any atom is -0.410 e. The van der Waals surface area contributed by atoms with E-state index >= 15 is 0 Å². The number of ether oxygens (including phenoxy) is 1. The zero-order valence-corrected chi connectivity index (χ0v) is 18.2. The van der Waals surface area contributed by atoms with Crippen LogP contribution in [-0.2, 0) is 0 Å². The summed E-state index contributed by atoms with van der Waals surface area (Å²) in [4.78, 5) is 13.6. The number of rotatable bonds is 3. The summed E-state index contributed by atoms with van der Waals surface area (Å²) in [6.07, 6.45) is 14.0. The number of amides is 1. The van der Waals surface area contributed by atoms with E-state index in [4.69, 9.17) is 17.0 Å². The van der Waals surface area contributed by atoms with Crippen LogP contribution in [0.2, 0.25) is 0 Å². The number of nitrogens with one attached hydrogen (secondary N) is 2. The molecule has 0 saturated heterocycles. The third-order valence-corrected chi connectivity index (χ3v) is 5.83. The first-order valence-electron chi connectivity index (χ1n) is 10.6. The predicted molar refractivity (Wildman–Crippen MR) is 120 cm³/mol. The van der Waals surface area contributed by atoms with Gasteiger partial charge in [-0.05, 0) is 37.2 Å². The summed E-state index contributed by atoms with van der Waals surface area (Å²) in [6, 6.07) is 7.79. The molecular weight excluding hydrogens is 370 g/mol. The average molecular weight is 406 g/mol. The van der Waals surface area contributed by atoms with Gasteiger partial charge in [0.05, 0.1) is 0 Å². The molecule has 1 aromatic rings. The second-order valence-corrected chi connectivity index (χ2v) is 8.01. The average Bonchev–Trinajstić information content (AvgIpc) is 2.68. The van der Waals surface area contributed by atoms with Crippen molar-refractivity contribution < 1.29 is 9.53 Å². The Morgan fingerprint density at radius 2 is 1.61 bits per heavy atom. The molecule has 6 heteroatoms. The fourth-order valence-electron chi connectivity index (χ4n) is 3.70. The Hall–Kier alpha value is -1.82. The summed E-state index contributed by atoms with van der Waals surface area (Å²) in [5, 5.41) is 6.47. The van der Waals surface area contributed by atoms with Crippen LogP contribution in [0.25, 0.3) is 0 Å². The highest BCUT2D eigenvalue weighted by Crippen LogP contribution is 2.22. The van der Waals surface area contributed by atoms with Gasteiger partial charge in [-0.25, -0.2) is 4.79 Å². The van der Waals surface area contributed by atoms with Crippen molar-refractivity contribution in [2.75, 3.05) is 19.4 Å². The van der Waals surface area contributed by atoms with Crippen LogP contribution < -0.4 is 15.4 Å². The van der Waals surface area contributed by atoms with Crippen molar-refractivity contribution in [3.63, 3.8) is 0 Å². The predicted octanol–water partition coefficient (Wildman–Crippen LogP) is 5.71. The minimum atomic E-state index is -0.481. The molecule has 2 N–H and O–H groups in total. The Kier molecular flexibility index (Phi) is 10.1. The summed E-state index contributed by atoms with van der Waals surface area (Å²) < 4.78 is 5.19. The van der Waals surface area contributed by atoms with Gasteiger partial charge in [-0.2, -0.15) is 0 Å². The Morgan fingerprint density at radius 3 is 2.18 bits per heavy atom. The molecule has 2 rings (SSSR count). The van der Waals surface area contributed by atoms with E-state index in [1.165, 1.54) is 77.7 Å². The number of hydrogen-bond donors (Lipinski definition) is 2. The largest absolute Gasteiger partial charge is 0.412 e. The fourth-order valence-corrected chi connectivity index (χ4v) is 3.97. The fraction of sp³-hybridized carbons (Fsp3) is 0.636. The zero-order chi connectivity index (χ0) is 20.2. The molecule has 28 heavy (non-hydrogen) atoms. The third kappa shape index (κ3) is 8.05. The summed E-state index contributed by atoms with van der Waals surface area (Å²) in [7, 11) is 3.63. The van der Waals surface area contributed by atoms with E-state index in [2.05, 4.69) is 22.6 Å². The van der Waals surface area contributed by atoms with Gasteiger partial charge < -0.3 is 20.3 Å². The molecule has 1 aliphatic carbocycles. The summed E-state index contributed by atoms with van der Waals surface area (Å²) in [6.45, 7) is 0. The molecule has 0 aromatic heterocycles. The lowest BCUT2D eigenvalue weighted by Crippen LogP contribution is -2.39. The van der Waals surface area contributed by atoms with Gasteiger partial charge in [-0.1, -0.05) is 63.9 Å². The van der Waals surface area contributed by atoms with Crippen LogP contribution >= 0.6 is 12.2 Å². The lowest BCUT2D eigenvalue weighted by molar-refractivity contribution is 0.203. The Morgan fingerprint density at radius 1 is 1.04 bits per heavy atom. The topological polar surface area (TPSA) is 53.6 Å². The number of carbonyl (C=O) groups excluding carboxylic acids is 1. The van der Waals surface area contributed by atoms with Crippen LogP contribution in [0, 0.1) is 0 Å². The number of nitrogens with zero attached hydrogens (tertiary/aromatic N) is 1. The van der Waals surface area contributed by atoms with Crippen LogP contribution in [0.15, 0.2) is 24.3 Å². The van der Waals surface area contributed by atoms with Crippen molar-refractivity contribution in [1.29, 1.82) is 0 Å². The molecule has 0 radical (unpaired) electrons. The first kappa shape index (κ1) is 22.5. The molecule has 1 fully saturated rings. The lowest BCUT2D eigenvalue weighted by atomic mass is 9.97. The number of benzene rings is 1. The molecule has 1 aromatic carbocycles. The quantitative estimate of drug-likeness (QED) is 0.631. The first-order valence-corrected chi connectivity index (χ1v) is 11.0. The zero-order valence-electron chi connectivity index (χ0n) is 17.3. The van der Waals surface area contributed by atoms with Crippen molar-refractivity contribution in [2.24, 2.45) is 0 Å². The number of hydrogen-bond acceptors (Lipinski definition) is 3. The molecule has 0 atom stereocenters. The van der Waals surface area contributed by atoms with Crippen molar-refractivity contribution in [2.45, 2.75) is 76.7 Å². The molecule has 0 aliphatic heterocycles. The first-order chi connectivity index (χ1) is 13.6. The van der Waals surface area contributed by atoms with Crippen molar-refractivity contribution >= 4 is 29.1 Å². The highest BCUT2D eigenvalue weighted by atomic mass is 32.1. The summed E-state index contributed by atoms with van der Waals surface area (Å²) in [5.41, 5.74) is 0.825. The maximum Gasteiger partial charge on any atom is 0.412 e. The van der Waals surface area contributed by atoms with E-state index in [-0.39, 0.29) is 0 Å². The van der Waals surface area contributed by atoms with E-state index < -0.39 is 6.09 Å². The Balaban J connectivity index is 1.93. The monoisotopic (exact) mass is 405 g/mol. The number of anilines is 1. The molecule has 0 bridgehead atoms. The van der Waals surface area contributed by atoms with Gasteiger partial charge in [-0.3, -0.25) is 0 Å². The molecule has 156 valence electrons. The van der Waals surface area contributed by atoms with Gasteiger partial charge in [0.15, 0.2) is 5.11 Å². The van der Waals surface area contributed by atoms with Crippen molar-refractivity contribution in [1.82, 2.24) is 10.2 Å². The number of thiocarbonyl (C=S) groups is 1. The standard InChI is InChI=1S/C22H35N3O2S/c1-23-22(26)27-20-16-12-13-18(17-20)24-21(28)25(2)19-14-10-8-6-4-3-5-7-9-11-15-19/h12-13,16-17,19H,3-11,14-15H2,1-2H3,(H,23,26)(H,24,28). The van der Waals surface area contributed by atoms with Gasteiger partial charge in [0.25, 0.3) is 0 Å². The van der Waals surface area contributed by atoms with Gasteiger partial charge >= 0.3 is 6.09 Å². The molecule has 0 heterocycles. The van der Waals surface area contributed by atoms with E-state index in [0.717, 1.165) is 5.69 Å². The molecular formula is C22H35N3O2S. The smallest absolute Gasteiger partial charge is 0.410 e. The van der Waals surface area contributed by atoms with Crippen LogP contribution in [0.3, 0.4) is 0 Å². The molecule has 0 unspecified atom stereocenters. The Bertz CT molecular complexity index is 612. The van der Waals surface area contributed by atoms with Gasteiger partial charge in [0.1, 0.15) is 5.75 Å². The van der Waals surface area contributed by atoms with Gasteiger partial charge in [0.2, 0.25) is 0 Å². The van der Waals surface area contributed by atoms with Crippen molar-refractivity contribution in [3.8, 4) is 5.75 Å². The van der Waals surface area contributed by atoms with Crippen LogP contribution in [0.4, 0.5) is 10.5 Å². The Labute approximate surface area is 175 Å². The maximum atomic E-state index is 11.4. The minimum absolute atomic E-state index is 0.477. The van der Waals surface area contributed by atoms with E-state index in [9.17, 15) is 4.79 Å². The third-order valence-electron chi connectivity index (χ3n) is 5.44. The van der Waals surface area contributed by atoms with Crippen LogP contribution in [0.1, 0.15) is 70.6 Å². The van der Waals surface area contributed by atoms with E-state index in [1.807, 2.05) is 12.1 Å². The second-order valence-electron chi connectivity index (χ2n) is 7.62. The molecule has 1 amide bonds. The van der Waals surface area contributed by atoms with Gasteiger partial charge in [-0.15, -0.1) is 0 Å². The molecule has 1 saturated carbocycles. The van der Waals surface area contributed by atoms with Crippen LogP contribution in [0.5, 0.6) is 5.75 Å². The molecule has 0 spiro atoms. The van der Waals surface area contributed by atoms with E-state index in [0.29, 0.717) is 16.9 Å². The summed E-state index contributed by atoms with van der Waals surface area (Å²) in [5.74, 6) is 0.487. The summed E-state index contributed by atoms with van der Waals surface area (Å²) >= 11 is 5.68. The van der Waals surface area contributed by atoms with Crippen LogP contribution in [-0.4, -0.2) is 36.2 Å². The SMILES string of the molecule is CNC(=O)Oc1cccc(NC(=S)N(C)C2CCCCCCCCCCC2)c1.